The third-order valence-electron chi connectivity index (χ3n) is 4.06. The van der Waals surface area contributed by atoms with Crippen LogP contribution in [0.2, 0.25) is 0 Å². The lowest BCUT2D eigenvalue weighted by Crippen LogP contribution is -2.15. The quantitative estimate of drug-likeness (QED) is 0.691. The highest BCUT2D eigenvalue weighted by Crippen LogP contribution is 2.20. The van der Waals surface area contributed by atoms with Crippen molar-refractivity contribution >= 4 is 27.3 Å². The number of carbonyl (C=O) groups excluding carboxylic acids is 1. The number of sulfonamides is 1. The molecule has 3 aromatic carbocycles. The van der Waals surface area contributed by atoms with Crippen LogP contribution in [0.1, 0.15) is 21.5 Å². The summed E-state index contributed by atoms with van der Waals surface area (Å²) in [5, 5.41) is 2.86. The molecule has 138 valence electrons. The van der Waals surface area contributed by atoms with Crippen LogP contribution in [0.4, 0.5) is 11.4 Å². The molecule has 0 aliphatic rings. The predicted octanol–water partition coefficient (Wildman–Crippen LogP) is 4.36. The Kier molecular flexibility index (Phi) is 5.28. The number of amides is 1. The number of carbonyl (C=O) groups is 1. The molecule has 0 saturated heterocycles. The first-order valence-electron chi connectivity index (χ1n) is 8.42. The third kappa shape index (κ3) is 4.54. The largest absolute Gasteiger partial charge is 0.322 e. The van der Waals surface area contributed by atoms with Gasteiger partial charge in [0.1, 0.15) is 0 Å². The van der Waals surface area contributed by atoms with Crippen molar-refractivity contribution < 1.29 is 13.2 Å². The molecule has 0 aromatic heterocycles. The van der Waals surface area contributed by atoms with E-state index in [4.69, 9.17) is 0 Å². The van der Waals surface area contributed by atoms with Gasteiger partial charge in [-0.15, -0.1) is 0 Å². The smallest absolute Gasteiger partial charge is 0.261 e. The first-order chi connectivity index (χ1) is 12.8. The molecule has 0 spiro atoms. The lowest BCUT2D eigenvalue weighted by atomic mass is 10.1. The Balaban J connectivity index is 1.80. The first-order valence-corrected chi connectivity index (χ1v) is 9.90. The van der Waals surface area contributed by atoms with E-state index in [1.54, 1.807) is 36.4 Å². The Morgan fingerprint density at radius 3 is 2.30 bits per heavy atom. The maximum Gasteiger partial charge on any atom is 0.261 e. The number of nitrogens with one attached hydrogen (secondary N) is 2. The molecule has 3 aromatic rings. The summed E-state index contributed by atoms with van der Waals surface area (Å²) >= 11 is 0. The Bertz CT molecular complexity index is 1080. The van der Waals surface area contributed by atoms with Crippen molar-refractivity contribution in [2.45, 2.75) is 18.7 Å². The Morgan fingerprint density at radius 2 is 1.59 bits per heavy atom. The van der Waals surface area contributed by atoms with Gasteiger partial charge in [0.15, 0.2) is 0 Å². The highest BCUT2D eigenvalue weighted by atomic mass is 32.2. The van der Waals surface area contributed by atoms with Crippen molar-refractivity contribution in [1.29, 1.82) is 0 Å². The SMILES string of the molecule is Cc1ccc(NC(=O)c2cccc(NS(=O)(=O)c3ccccc3)c2)c(C)c1. The minimum absolute atomic E-state index is 0.162. The molecule has 2 N–H and O–H groups in total. The average Bonchev–Trinajstić information content (AvgIpc) is 2.64. The van der Waals surface area contributed by atoms with E-state index in [9.17, 15) is 13.2 Å². The standard InChI is InChI=1S/C21H20N2O3S/c1-15-11-12-20(16(2)13-15)22-21(24)17-7-6-8-18(14-17)23-27(25,26)19-9-4-3-5-10-19/h3-14,23H,1-2H3,(H,22,24). The highest BCUT2D eigenvalue weighted by Gasteiger charge is 2.15. The van der Waals surface area contributed by atoms with Crippen molar-refractivity contribution in [2.75, 3.05) is 10.0 Å². The van der Waals surface area contributed by atoms with Crippen molar-refractivity contribution in [3.63, 3.8) is 0 Å². The second kappa shape index (κ2) is 7.63. The lowest BCUT2D eigenvalue weighted by Gasteiger charge is -2.11. The fraction of sp³-hybridized carbons (Fsp3) is 0.0952. The van der Waals surface area contributed by atoms with Gasteiger partial charge in [-0.2, -0.15) is 0 Å². The fourth-order valence-corrected chi connectivity index (χ4v) is 3.76. The van der Waals surface area contributed by atoms with Crippen molar-refractivity contribution in [2.24, 2.45) is 0 Å². The van der Waals surface area contributed by atoms with Crippen LogP contribution in [-0.2, 0) is 10.0 Å². The summed E-state index contributed by atoms with van der Waals surface area (Å²) in [6.45, 7) is 3.91. The van der Waals surface area contributed by atoms with Crippen molar-refractivity contribution in [1.82, 2.24) is 0 Å². The van der Waals surface area contributed by atoms with Gasteiger partial charge in [-0.25, -0.2) is 8.42 Å². The second-order valence-electron chi connectivity index (χ2n) is 6.27. The van der Waals surface area contributed by atoms with Gasteiger partial charge in [0, 0.05) is 16.9 Å². The van der Waals surface area contributed by atoms with E-state index >= 15 is 0 Å². The number of benzene rings is 3. The van der Waals surface area contributed by atoms with E-state index in [1.165, 1.54) is 18.2 Å². The zero-order valence-corrected chi connectivity index (χ0v) is 15.9. The molecule has 0 atom stereocenters. The number of anilines is 2. The monoisotopic (exact) mass is 380 g/mol. The van der Waals surface area contributed by atoms with Crippen molar-refractivity contribution in [3.05, 3.63) is 89.5 Å². The second-order valence-corrected chi connectivity index (χ2v) is 7.95. The summed E-state index contributed by atoms with van der Waals surface area (Å²) in [6, 6.07) is 20.2. The van der Waals surface area contributed by atoms with Gasteiger partial charge in [0.05, 0.1) is 4.90 Å². The third-order valence-corrected chi connectivity index (χ3v) is 5.46. The summed E-state index contributed by atoms with van der Waals surface area (Å²) in [6.07, 6.45) is 0. The van der Waals surface area contributed by atoms with E-state index in [-0.39, 0.29) is 10.8 Å². The summed E-state index contributed by atoms with van der Waals surface area (Å²) in [7, 11) is -3.71. The van der Waals surface area contributed by atoms with Crippen LogP contribution in [0, 0.1) is 13.8 Å². The van der Waals surface area contributed by atoms with Gasteiger partial charge < -0.3 is 5.32 Å². The highest BCUT2D eigenvalue weighted by molar-refractivity contribution is 7.92. The number of hydrogen-bond donors (Lipinski definition) is 2. The zero-order chi connectivity index (χ0) is 19.4. The maximum atomic E-state index is 12.6. The van der Waals surface area contributed by atoms with Gasteiger partial charge in [0.25, 0.3) is 15.9 Å². The molecule has 0 unspecified atom stereocenters. The van der Waals surface area contributed by atoms with E-state index in [1.807, 2.05) is 32.0 Å². The summed E-state index contributed by atoms with van der Waals surface area (Å²) < 4.78 is 27.4. The molecule has 3 rings (SSSR count). The number of rotatable bonds is 5. The molecule has 0 bridgehead atoms. The van der Waals surface area contributed by atoms with Gasteiger partial charge >= 0.3 is 0 Å². The number of aryl methyl sites for hydroxylation is 2. The van der Waals surface area contributed by atoms with Gasteiger partial charge in [-0.1, -0.05) is 42.0 Å². The van der Waals surface area contributed by atoms with Crippen molar-refractivity contribution in [3.8, 4) is 0 Å². The molecule has 1 amide bonds. The zero-order valence-electron chi connectivity index (χ0n) is 15.1. The Morgan fingerprint density at radius 1 is 0.852 bits per heavy atom. The molecule has 0 radical (unpaired) electrons. The molecular weight excluding hydrogens is 360 g/mol. The number of hydrogen-bond acceptors (Lipinski definition) is 3. The molecule has 0 aliphatic carbocycles. The van der Waals surface area contributed by atoms with Crippen LogP contribution in [0.15, 0.2) is 77.7 Å². The first kappa shape index (κ1) is 18.7. The van der Waals surface area contributed by atoms with Crippen LogP contribution in [0.3, 0.4) is 0 Å². The van der Waals surface area contributed by atoms with E-state index in [2.05, 4.69) is 10.0 Å². The van der Waals surface area contributed by atoms with Gasteiger partial charge in [-0.3, -0.25) is 9.52 Å². The fourth-order valence-electron chi connectivity index (χ4n) is 2.69. The topological polar surface area (TPSA) is 75.3 Å². The Hall–Kier alpha value is -3.12. The Labute approximate surface area is 159 Å². The van der Waals surface area contributed by atoms with Crippen LogP contribution < -0.4 is 10.0 Å². The van der Waals surface area contributed by atoms with E-state index in [0.29, 0.717) is 11.3 Å². The molecule has 0 saturated carbocycles. The van der Waals surface area contributed by atoms with Crippen LogP contribution >= 0.6 is 0 Å². The summed E-state index contributed by atoms with van der Waals surface area (Å²) in [5.41, 5.74) is 3.49. The summed E-state index contributed by atoms with van der Waals surface area (Å²) in [5.74, 6) is -0.303. The molecule has 0 heterocycles. The average molecular weight is 380 g/mol. The van der Waals surface area contributed by atoms with Gasteiger partial charge in [-0.05, 0) is 55.8 Å². The molecule has 6 heteroatoms. The molecular formula is C21H20N2O3S. The van der Waals surface area contributed by atoms with Gasteiger partial charge in [0.2, 0.25) is 0 Å². The molecule has 5 nitrogen and oxygen atoms in total. The van der Waals surface area contributed by atoms with Crippen LogP contribution in [0.25, 0.3) is 0 Å². The molecule has 27 heavy (non-hydrogen) atoms. The van der Waals surface area contributed by atoms with Crippen LogP contribution in [0.5, 0.6) is 0 Å². The minimum atomic E-state index is -3.71. The predicted molar refractivity (Wildman–Crippen MR) is 108 cm³/mol. The van der Waals surface area contributed by atoms with Crippen LogP contribution in [-0.4, -0.2) is 14.3 Å². The van der Waals surface area contributed by atoms with E-state index < -0.39 is 10.0 Å². The normalized spacial score (nSPS) is 11.0. The molecule has 0 aliphatic heterocycles. The molecule has 0 fully saturated rings. The maximum absolute atomic E-state index is 12.6. The lowest BCUT2D eigenvalue weighted by molar-refractivity contribution is 0.102. The minimum Gasteiger partial charge on any atom is -0.322 e. The van der Waals surface area contributed by atoms with E-state index in [0.717, 1.165) is 16.8 Å². The summed E-state index contributed by atoms with van der Waals surface area (Å²) in [4.78, 5) is 12.7.